The molecule has 170 valence electrons. The number of carbonyl (C=O) groups excluding carboxylic acids is 2. The number of hydrogen-bond acceptors (Lipinski definition) is 4. The van der Waals surface area contributed by atoms with E-state index in [1.807, 2.05) is 44.2 Å². The number of allylic oxidation sites excluding steroid dienone is 1. The van der Waals surface area contributed by atoms with Crippen LogP contribution in [0.15, 0.2) is 64.6 Å². The number of hydrogen-bond donors (Lipinski definition) is 2. The quantitative estimate of drug-likeness (QED) is 0.571. The van der Waals surface area contributed by atoms with Gasteiger partial charge in [0.1, 0.15) is 16.9 Å². The number of aromatic hydroxyl groups is 1. The zero-order valence-electron chi connectivity index (χ0n) is 18.9. The third kappa shape index (κ3) is 3.50. The normalized spacial score (nSPS) is 22.5. The molecule has 0 saturated heterocycles. The van der Waals surface area contributed by atoms with E-state index in [9.17, 15) is 14.7 Å². The molecule has 1 aliphatic carbocycles. The van der Waals surface area contributed by atoms with Crippen molar-refractivity contribution >= 4 is 22.8 Å². The van der Waals surface area contributed by atoms with Crippen molar-refractivity contribution in [2.45, 2.75) is 57.7 Å². The number of fused-ring (bicyclic) bond motifs is 3. The van der Waals surface area contributed by atoms with E-state index in [-0.39, 0.29) is 30.2 Å². The first-order valence-corrected chi connectivity index (χ1v) is 11.5. The molecule has 1 saturated carbocycles. The number of phenols is 1. The number of rotatable bonds is 4. The molecule has 0 spiro atoms. The Morgan fingerprint density at radius 2 is 1.94 bits per heavy atom. The second kappa shape index (κ2) is 8.10. The van der Waals surface area contributed by atoms with Gasteiger partial charge in [0.2, 0.25) is 5.91 Å². The van der Waals surface area contributed by atoms with Gasteiger partial charge in [-0.05, 0) is 51.7 Å². The fourth-order valence-electron chi connectivity index (χ4n) is 5.12. The van der Waals surface area contributed by atoms with Crippen molar-refractivity contribution in [1.82, 2.24) is 10.2 Å². The van der Waals surface area contributed by atoms with Crippen molar-refractivity contribution in [3.05, 3.63) is 77.1 Å². The number of carbonyl (C=O) groups is 2. The highest BCUT2D eigenvalue weighted by atomic mass is 16.3. The van der Waals surface area contributed by atoms with Crippen LogP contribution < -0.4 is 5.32 Å². The van der Waals surface area contributed by atoms with Crippen molar-refractivity contribution in [2.75, 3.05) is 0 Å². The largest absolute Gasteiger partial charge is 0.508 e. The molecule has 1 unspecified atom stereocenters. The maximum atomic E-state index is 13.9. The highest BCUT2D eigenvalue weighted by Crippen LogP contribution is 2.42. The number of aryl methyl sites for hydroxylation is 1. The molecule has 1 aliphatic heterocycles. The maximum Gasteiger partial charge on any atom is 0.291 e. The lowest BCUT2D eigenvalue weighted by Crippen LogP contribution is -2.63. The lowest BCUT2D eigenvalue weighted by molar-refractivity contribution is -0.133. The lowest BCUT2D eigenvalue weighted by atomic mass is 9.80. The molecular formula is C27H28N2O4. The van der Waals surface area contributed by atoms with Gasteiger partial charge >= 0.3 is 0 Å². The Morgan fingerprint density at radius 1 is 1.21 bits per heavy atom. The van der Waals surface area contributed by atoms with Crippen LogP contribution in [-0.2, 0) is 17.8 Å². The van der Waals surface area contributed by atoms with Crippen LogP contribution in [0.25, 0.3) is 11.0 Å². The third-order valence-corrected chi connectivity index (χ3v) is 7.19. The average Bonchev–Trinajstić information content (AvgIpc) is 3.12. The van der Waals surface area contributed by atoms with E-state index < -0.39 is 5.54 Å². The van der Waals surface area contributed by atoms with Gasteiger partial charge in [0.05, 0.1) is 0 Å². The fraction of sp³-hybridized carbons (Fsp3) is 0.333. The molecule has 0 radical (unpaired) electrons. The first kappa shape index (κ1) is 21.3. The predicted molar refractivity (Wildman–Crippen MR) is 126 cm³/mol. The number of nitrogens with one attached hydrogen (secondary N) is 1. The summed E-state index contributed by atoms with van der Waals surface area (Å²) in [4.78, 5) is 29.2. The van der Waals surface area contributed by atoms with Crippen LogP contribution in [0, 0.1) is 0 Å². The molecule has 2 amide bonds. The average molecular weight is 445 g/mol. The Bertz CT molecular complexity index is 1270. The minimum Gasteiger partial charge on any atom is -0.508 e. The standard InChI is InChI=1S/C27H28N2O4/c1-3-17-14-19(15-17)29-25(31)24-21(20-9-5-7-11-23(20)33-24)12-13-27(29,2)26(32)28-16-18-8-4-6-10-22(18)30/h3-11,19,30H,12-16H2,1-2H3,(H,28,32). The smallest absolute Gasteiger partial charge is 0.291 e. The van der Waals surface area contributed by atoms with Gasteiger partial charge in [0, 0.05) is 29.1 Å². The maximum absolute atomic E-state index is 13.9. The Balaban J connectivity index is 1.50. The van der Waals surface area contributed by atoms with E-state index in [1.165, 1.54) is 5.57 Å². The SMILES string of the molecule is CC=C1CC(N2C(=O)c3oc4ccccc4c3CCC2(C)C(=O)NCc2ccccc2O)C1. The van der Waals surface area contributed by atoms with E-state index in [2.05, 4.69) is 11.4 Å². The van der Waals surface area contributed by atoms with Crippen LogP contribution in [0.5, 0.6) is 5.75 Å². The Hall–Kier alpha value is -3.54. The van der Waals surface area contributed by atoms with Crippen LogP contribution in [0.2, 0.25) is 0 Å². The van der Waals surface area contributed by atoms with E-state index in [0.717, 1.165) is 23.8 Å². The molecule has 1 aromatic heterocycles. The van der Waals surface area contributed by atoms with Crippen molar-refractivity contribution in [2.24, 2.45) is 0 Å². The molecule has 2 aliphatic rings. The highest BCUT2D eigenvalue weighted by Gasteiger charge is 2.50. The van der Waals surface area contributed by atoms with E-state index in [0.29, 0.717) is 29.7 Å². The molecule has 2 heterocycles. The summed E-state index contributed by atoms with van der Waals surface area (Å²) in [6.45, 7) is 4.05. The lowest BCUT2D eigenvalue weighted by Gasteiger charge is -2.47. The van der Waals surface area contributed by atoms with Crippen molar-refractivity contribution in [3.8, 4) is 5.75 Å². The topological polar surface area (TPSA) is 82.8 Å². The van der Waals surface area contributed by atoms with Gasteiger partial charge in [-0.1, -0.05) is 48.0 Å². The minimum absolute atomic E-state index is 0.0521. The van der Waals surface area contributed by atoms with Crippen LogP contribution in [0.1, 0.15) is 54.8 Å². The summed E-state index contributed by atoms with van der Waals surface area (Å²) in [7, 11) is 0. The van der Waals surface area contributed by atoms with Crippen LogP contribution in [0.4, 0.5) is 0 Å². The van der Waals surface area contributed by atoms with Crippen LogP contribution >= 0.6 is 0 Å². The fourth-order valence-corrected chi connectivity index (χ4v) is 5.12. The Morgan fingerprint density at radius 3 is 2.70 bits per heavy atom. The van der Waals surface area contributed by atoms with Gasteiger partial charge in [0.25, 0.3) is 5.91 Å². The molecule has 5 rings (SSSR count). The van der Waals surface area contributed by atoms with Crippen molar-refractivity contribution in [3.63, 3.8) is 0 Å². The number of benzene rings is 2. The molecular weight excluding hydrogens is 416 g/mol. The third-order valence-electron chi connectivity index (χ3n) is 7.19. The first-order valence-electron chi connectivity index (χ1n) is 11.5. The number of nitrogens with zero attached hydrogens (tertiary/aromatic N) is 1. The highest BCUT2D eigenvalue weighted by molar-refractivity contribution is 6.03. The Kier molecular flexibility index (Phi) is 5.23. The minimum atomic E-state index is -1.03. The number of phenolic OH excluding ortho intramolecular Hbond substituents is 1. The van der Waals surface area contributed by atoms with Crippen molar-refractivity contribution in [1.29, 1.82) is 0 Å². The van der Waals surface area contributed by atoms with E-state index in [4.69, 9.17) is 4.42 Å². The second-order valence-electron chi connectivity index (χ2n) is 9.18. The number of para-hydroxylation sites is 2. The molecule has 0 bridgehead atoms. The summed E-state index contributed by atoms with van der Waals surface area (Å²) < 4.78 is 6.03. The molecule has 3 aromatic rings. The molecule has 2 N–H and O–H groups in total. The number of amides is 2. The van der Waals surface area contributed by atoms with Gasteiger partial charge < -0.3 is 19.7 Å². The molecule has 1 atom stereocenters. The zero-order chi connectivity index (χ0) is 23.2. The van der Waals surface area contributed by atoms with Gasteiger partial charge in [0.15, 0.2) is 5.76 Å². The van der Waals surface area contributed by atoms with Gasteiger partial charge in [-0.3, -0.25) is 9.59 Å². The predicted octanol–water partition coefficient (Wildman–Crippen LogP) is 4.71. The molecule has 6 nitrogen and oxygen atoms in total. The number of furan rings is 1. The van der Waals surface area contributed by atoms with Gasteiger partial charge in [-0.15, -0.1) is 0 Å². The molecule has 1 fully saturated rings. The summed E-state index contributed by atoms with van der Waals surface area (Å²) >= 11 is 0. The zero-order valence-corrected chi connectivity index (χ0v) is 18.9. The summed E-state index contributed by atoms with van der Waals surface area (Å²) in [6, 6.07) is 14.6. The van der Waals surface area contributed by atoms with Crippen molar-refractivity contribution < 1.29 is 19.1 Å². The molecule has 33 heavy (non-hydrogen) atoms. The van der Waals surface area contributed by atoms with E-state index >= 15 is 0 Å². The summed E-state index contributed by atoms with van der Waals surface area (Å²) in [5.74, 6) is 0.0445. The first-order chi connectivity index (χ1) is 15.9. The molecule has 6 heteroatoms. The van der Waals surface area contributed by atoms with E-state index in [1.54, 1.807) is 23.1 Å². The van der Waals surface area contributed by atoms with Gasteiger partial charge in [-0.2, -0.15) is 0 Å². The van der Waals surface area contributed by atoms with Gasteiger partial charge in [-0.25, -0.2) is 0 Å². The Labute approximate surface area is 192 Å². The summed E-state index contributed by atoms with van der Waals surface area (Å²) in [5, 5.41) is 14.0. The summed E-state index contributed by atoms with van der Waals surface area (Å²) in [6.07, 6.45) is 4.67. The van der Waals surface area contributed by atoms with Crippen LogP contribution in [0.3, 0.4) is 0 Å². The monoisotopic (exact) mass is 444 g/mol. The summed E-state index contributed by atoms with van der Waals surface area (Å²) in [5.41, 5.74) is 2.47. The second-order valence-corrected chi connectivity index (χ2v) is 9.18. The molecule has 2 aromatic carbocycles. The van der Waals surface area contributed by atoms with Crippen LogP contribution in [-0.4, -0.2) is 33.4 Å².